The molecule has 1 aromatic carbocycles. The quantitative estimate of drug-likeness (QED) is 0.678. The van der Waals surface area contributed by atoms with Crippen molar-refractivity contribution in [1.29, 1.82) is 0 Å². The van der Waals surface area contributed by atoms with Crippen LogP contribution in [0.15, 0.2) is 24.3 Å². The molecule has 0 radical (unpaired) electrons. The highest BCUT2D eigenvalue weighted by Crippen LogP contribution is 2.15. The summed E-state index contributed by atoms with van der Waals surface area (Å²) in [4.78, 5) is 22.5. The van der Waals surface area contributed by atoms with E-state index in [0.717, 1.165) is 5.75 Å². The molecule has 0 bridgehead atoms. The summed E-state index contributed by atoms with van der Waals surface area (Å²) in [5.74, 6) is 0.923. The molecular weight excluding hydrogens is 250 g/mol. The first-order chi connectivity index (χ1) is 8.61. The predicted octanol–water partition coefficient (Wildman–Crippen LogP) is 1.28. The van der Waals surface area contributed by atoms with Crippen molar-refractivity contribution < 1.29 is 9.59 Å². The number of nitrogens with two attached hydrogens (primary N) is 1. The van der Waals surface area contributed by atoms with Gasteiger partial charge in [0.2, 0.25) is 11.8 Å². The van der Waals surface area contributed by atoms with Crippen molar-refractivity contribution >= 4 is 35.0 Å². The van der Waals surface area contributed by atoms with Crippen molar-refractivity contribution in [2.75, 3.05) is 28.7 Å². The zero-order valence-electron chi connectivity index (χ0n) is 10.2. The number of carbonyl (C=O) groups is 2. The van der Waals surface area contributed by atoms with Crippen LogP contribution in [0.25, 0.3) is 0 Å². The van der Waals surface area contributed by atoms with E-state index < -0.39 is 0 Å². The lowest BCUT2D eigenvalue weighted by molar-refractivity contribution is -0.114. The van der Waals surface area contributed by atoms with E-state index in [2.05, 4.69) is 10.6 Å². The topological polar surface area (TPSA) is 84.2 Å². The van der Waals surface area contributed by atoms with Crippen LogP contribution < -0.4 is 16.4 Å². The van der Waals surface area contributed by atoms with Gasteiger partial charge in [-0.05, 0) is 18.2 Å². The lowest BCUT2D eigenvalue weighted by atomic mass is 10.2. The Hall–Kier alpha value is -1.53. The second-order valence-electron chi connectivity index (χ2n) is 3.65. The van der Waals surface area contributed by atoms with Gasteiger partial charge < -0.3 is 16.4 Å². The first-order valence-corrected chi connectivity index (χ1v) is 6.72. The highest BCUT2D eigenvalue weighted by atomic mass is 32.2. The second kappa shape index (κ2) is 7.73. The Balaban J connectivity index is 2.51. The van der Waals surface area contributed by atoms with E-state index >= 15 is 0 Å². The summed E-state index contributed by atoms with van der Waals surface area (Å²) >= 11 is 1.49. The molecule has 0 saturated heterocycles. The molecule has 98 valence electrons. The fourth-order valence-electron chi connectivity index (χ4n) is 1.32. The van der Waals surface area contributed by atoms with Crippen LogP contribution in [-0.4, -0.2) is 29.9 Å². The van der Waals surface area contributed by atoms with Crippen LogP contribution in [0, 0.1) is 0 Å². The van der Waals surface area contributed by atoms with Crippen LogP contribution in [0.5, 0.6) is 0 Å². The van der Waals surface area contributed by atoms with E-state index in [-0.39, 0.29) is 11.8 Å². The lowest BCUT2D eigenvalue weighted by Gasteiger charge is -2.07. The predicted molar refractivity (Wildman–Crippen MR) is 75.8 cm³/mol. The molecule has 6 heteroatoms. The van der Waals surface area contributed by atoms with Gasteiger partial charge in [-0.2, -0.15) is 11.8 Å². The van der Waals surface area contributed by atoms with Crippen molar-refractivity contribution in [1.82, 2.24) is 0 Å². The average molecular weight is 267 g/mol. The average Bonchev–Trinajstić information content (AvgIpc) is 2.28. The standard InChI is InChI=1S/C12H17N3O2S/c1-9(16)14-10-3-2-4-11(7-10)15-12(17)8-18-6-5-13/h2-4,7H,5-6,8,13H2,1H3,(H,14,16)(H,15,17). The molecule has 0 aliphatic carbocycles. The fraction of sp³-hybridized carbons (Fsp3) is 0.333. The van der Waals surface area contributed by atoms with Gasteiger partial charge in [0.25, 0.3) is 0 Å². The highest BCUT2D eigenvalue weighted by molar-refractivity contribution is 7.99. The number of thioether (sulfide) groups is 1. The van der Waals surface area contributed by atoms with Crippen molar-refractivity contribution in [3.63, 3.8) is 0 Å². The summed E-state index contributed by atoms with van der Waals surface area (Å²) in [5, 5.41) is 5.42. The first-order valence-electron chi connectivity index (χ1n) is 5.57. The molecule has 0 atom stereocenters. The molecular formula is C12H17N3O2S. The summed E-state index contributed by atoms with van der Waals surface area (Å²) < 4.78 is 0. The van der Waals surface area contributed by atoms with Gasteiger partial charge in [-0.25, -0.2) is 0 Å². The third kappa shape index (κ3) is 5.70. The van der Waals surface area contributed by atoms with Gasteiger partial charge in [-0.1, -0.05) is 6.07 Å². The number of rotatable bonds is 6. The molecule has 0 aliphatic heterocycles. The van der Waals surface area contributed by atoms with Gasteiger partial charge in [0, 0.05) is 30.6 Å². The molecule has 1 aromatic rings. The number of hydrogen-bond acceptors (Lipinski definition) is 4. The van der Waals surface area contributed by atoms with Gasteiger partial charge in [0.1, 0.15) is 0 Å². The Morgan fingerprint density at radius 2 is 1.94 bits per heavy atom. The van der Waals surface area contributed by atoms with E-state index in [0.29, 0.717) is 23.7 Å². The molecule has 1 rings (SSSR count). The van der Waals surface area contributed by atoms with Crippen LogP contribution >= 0.6 is 11.8 Å². The Kier molecular flexibility index (Phi) is 6.24. The fourth-order valence-corrected chi connectivity index (χ4v) is 1.89. The second-order valence-corrected chi connectivity index (χ2v) is 4.76. The number of amides is 2. The Labute approximate surface area is 111 Å². The third-order valence-corrected chi connectivity index (χ3v) is 2.95. The van der Waals surface area contributed by atoms with Crippen LogP contribution in [0.2, 0.25) is 0 Å². The molecule has 0 unspecified atom stereocenters. The molecule has 2 amide bonds. The van der Waals surface area contributed by atoms with Gasteiger partial charge in [0.15, 0.2) is 0 Å². The summed E-state index contributed by atoms with van der Waals surface area (Å²) in [6.45, 7) is 2.00. The van der Waals surface area contributed by atoms with Crippen LogP contribution in [0.3, 0.4) is 0 Å². The molecule has 0 fully saturated rings. The SMILES string of the molecule is CC(=O)Nc1cccc(NC(=O)CSCCN)c1. The number of hydrogen-bond donors (Lipinski definition) is 3. The van der Waals surface area contributed by atoms with Gasteiger partial charge in [-0.15, -0.1) is 0 Å². The maximum Gasteiger partial charge on any atom is 0.234 e. The van der Waals surface area contributed by atoms with Crippen LogP contribution in [0.1, 0.15) is 6.92 Å². The van der Waals surface area contributed by atoms with Crippen molar-refractivity contribution in [3.05, 3.63) is 24.3 Å². The van der Waals surface area contributed by atoms with Crippen LogP contribution in [0.4, 0.5) is 11.4 Å². The smallest absolute Gasteiger partial charge is 0.234 e. The minimum Gasteiger partial charge on any atom is -0.330 e. The summed E-state index contributed by atoms with van der Waals surface area (Å²) in [6.07, 6.45) is 0. The maximum absolute atomic E-state index is 11.6. The van der Waals surface area contributed by atoms with Crippen molar-refractivity contribution in [2.24, 2.45) is 5.73 Å². The zero-order valence-corrected chi connectivity index (χ0v) is 11.0. The van der Waals surface area contributed by atoms with Gasteiger partial charge >= 0.3 is 0 Å². The van der Waals surface area contributed by atoms with E-state index in [4.69, 9.17) is 5.73 Å². The maximum atomic E-state index is 11.6. The first kappa shape index (κ1) is 14.5. The molecule has 0 aliphatic rings. The molecule has 0 aromatic heterocycles. The monoisotopic (exact) mass is 267 g/mol. The Bertz CT molecular complexity index is 424. The van der Waals surface area contributed by atoms with Crippen LogP contribution in [-0.2, 0) is 9.59 Å². The largest absolute Gasteiger partial charge is 0.330 e. The molecule has 0 spiro atoms. The van der Waals surface area contributed by atoms with E-state index in [1.165, 1.54) is 18.7 Å². The number of anilines is 2. The number of nitrogens with one attached hydrogen (secondary N) is 2. The van der Waals surface area contributed by atoms with E-state index in [1.54, 1.807) is 24.3 Å². The van der Waals surface area contributed by atoms with Gasteiger partial charge in [0.05, 0.1) is 5.75 Å². The molecule has 5 nitrogen and oxygen atoms in total. The lowest BCUT2D eigenvalue weighted by Crippen LogP contribution is -2.15. The molecule has 4 N–H and O–H groups in total. The normalized spacial score (nSPS) is 9.89. The summed E-state index contributed by atoms with van der Waals surface area (Å²) in [5.41, 5.74) is 6.67. The van der Waals surface area contributed by atoms with Crippen molar-refractivity contribution in [2.45, 2.75) is 6.92 Å². The zero-order chi connectivity index (χ0) is 13.4. The number of benzene rings is 1. The minimum absolute atomic E-state index is 0.0755. The van der Waals surface area contributed by atoms with Crippen molar-refractivity contribution in [3.8, 4) is 0 Å². The van der Waals surface area contributed by atoms with Gasteiger partial charge in [-0.3, -0.25) is 9.59 Å². The Morgan fingerprint density at radius 1 is 1.28 bits per heavy atom. The molecule has 18 heavy (non-hydrogen) atoms. The van der Waals surface area contributed by atoms with E-state index in [1.807, 2.05) is 0 Å². The minimum atomic E-state index is -0.142. The molecule has 0 heterocycles. The Morgan fingerprint density at radius 3 is 2.56 bits per heavy atom. The number of carbonyl (C=O) groups excluding carboxylic acids is 2. The highest BCUT2D eigenvalue weighted by Gasteiger charge is 2.03. The molecule has 0 saturated carbocycles. The summed E-state index contributed by atoms with van der Waals surface area (Å²) in [7, 11) is 0. The third-order valence-electron chi connectivity index (χ3n) is 1.96. The summed E-state index contributed by atoms with van der Waals surface area (Å²) in [6, 6.07) is 7.03. The van der Waals surface area contributed by atoms with E-state index in [9.17, 15) is 9.59 Å².